The van der Waals surface area contributed by atoms with E-state index in [0.29, 0.717) is 0 Å². The molecule has 0 radical (unpaired) electrons. The second-order valence-corrected chi connectivity index (χ2v) is 1.54. The molecule has 0 heterocycles. The minimum atomic E-state index is -4.64. The van der Waals surface area contributed by atoms with Crippen LogP contribution in [-0.4, -0.2) is 14.7 Å². The van der Waals surface area contributed by atoms with Gasteiger partial charge in [-0.3, -0.25) is 0 Å². The number of phosphoric acid groups is 1. The minimum Gasteiger partial charge on any atom is -1.00 e. The monoisotopic (exact) mass is 218 g/mol. The second kappa shape index (κ2) is 12.0. The van der Waals surface area contributed by atoms with Crippen LogP contribution in [0.15, 0.2) is 0 Å². The Balaban J connectivity index is -0.00000000533. The zero-order chi connectivity index (χ0) is 4.50. The normalized spacial score (nSPS) is 7.38. The predicted molar refractivity (Wildman–Crippen MR) is 17.6 cm³/mol. The van der Waals surface area contributed by atoms with Gasteiger partial charge in [-0.25, -0.2) is 4.57 Å². The Kier molecular flexibility index (Phi) is 34.7. The van der Waals surface area contributed by atoms with Crippen LogP contribution in [0.3, 0.4) is 0 Å². The van der Waals surface area contributed by atoms with Gasteiger partial charge < -0.3 is 16.1 Å². The Labute approximate surface area is 180 Å². The maximum absolute atomic E-state index is 8.88. The molecule has 4 nitrogen and oxygen atoms in total. The van der Waals surface area contributed by atoms with Gasteiger partial charge in [-0.05, 0) is 0 Å². The van der Waals surface area contributed by atoms with Crippen molar-refractivity contribution in [3.05, 3.63) is 0 Å². The standard InChI is InChI=1S/3K.H3O4P.H/c;;;1-5(2,3)4;/h;;;(H3,1,2,3,4);/q3*+1;;-1/p+2. The van der Waals surface area contributed by atoms with Gasteiger partial charge in [-0.1, -0.05) is 0 Å². The van der Waals surface area contributed by atoms with E-state index in [4.69, 9.17) is 19.2 Å². The van der Waals surface area contributed by atoms with Gasteiger partial charge in [0.2, 0.25) is 0 Å². The van der Waals surface area contributed by atoms with E-state index in [1.807, 2.05) is 0 Å². The van der Waals surface area contributed by atoms with Crippen LogP contribution in [0.1, 0.15) is 4.28 Å². The van der Waals surface area contributed by atoms with Gasteiger partial charge in [0.05, 0.1) is 0 Å². The molecule has 0 aromatic rings. The van der Waals surface area contributed by atoms with Gasteiger partial charge in [-0.15, -0.1) is 0 Å². The van der Waals surface area contributed by atoms with Crippen molar-refractivity contribution in [3.8, 4) is 0 Å². The Morgan fingerprint density at radius 3 is 1.12 bits per heavy atom. The molecule has 8 heavy (non-hydrogen) atoms. The molecule has 0 atom stereocenters. The summed E-state index contributed by atoms with van der Waals surface area (Å²) in [7, 11) is -4.64. The summed E-state index contributed by atoms with van der Waals surface area (Å²) in [5, 5.41) is 0. The first-order valence-electron chi connectivity index (χ1n) is 0.783. The molecular weight excluding hydrogens is 212 g/mol. The van der Waals surface area contributed by atoms with Crippen molar-refractivity contribution in [2.24, 2.45) is 0 Å². The Hall–Kier alpha value is 5.02. The van der Waals surface area contributed by atoms with Crippen molar-refractivity contribution < 1.29 is 178 Å². The fourth-order valence-electron chi connectivity index (χ4n) is 0. The number of hydrogen-bond acceptors (Lipinski definition) is 1. The Morgan fingerprint density at radius 2 is 1.12 bits per heavy atom. The Bertz CT molecular complexity index is 66.7. The quantitative estimate of drug-likeness (QED) is 0.279. The molecule has 0 aliphatic heterocycles. The van der Waals surface area contributed by atoms with Gasteiger partial charge in [-0.2, -0.15) is 0 Å². The van der Waals surface area contributed by atoms with Gasteiger partial charge in [0, 0.05) is 0 Å². The van der Waals surface area contributed by atoms with Crippen molar-refractivity contribution in [1.82, 2.24) is 0 Å². The zero-order valence-electron chi connectivity index (χ0n) is 8.20. The van der Waals surface area contributed by atoms with Gasteiger partial charge >= 0.3 is 165 Å². The average molecular weight is 218 g/mol. The molecule has 0 amide bonds. The van der Waals surface area contributed by atoms with Crippen LogP contribution in [0.25, 0.3) is 0 Å². The van der Waals surface area contributed by atoms with Crippen LogP contribution in [-0.2, 0) is 4.57 Å². The summed E-state index contributed by atoms with van der Waals surface area (Å²) in [5.74, 6) is 0. The van der Waals surface area contributed by atoms with E-state index in [2.05, 4.69) is 0 Å². The summed E-state index contributed by atoms with van der Waals surface area (Å²) < 4.78 is 8.88. The first-order valence-corrected chi connectivity index (χ1v) is 2.35. The summed E-state index contributed by atoms with van der Waals surface area (Å²) in [6.45, 7) is 0. The molecule has 0 saturated carbocycles. The van der Waals surface area contributed by atoms with E-state index >= 15 is 0 Å². The van der Waals surface area contributed by atoms with Crippen molar-refractivity contribution in [2.75, 3.05) is 0 Å². The predicted octanol–water partition coefficient (Wildman–Crippen LogP) is -9.58. The molecule has 0 rings (SSSR count). The molecule has 0 spiro atoms. The second-order valence-electron chi connectivity index (χ2n) is 0.513. The smallest absolute Gasteiger partial charge is 1.00 e. The molecule has 0 fully saturated rings. The van der Waals surface area contributed by atoms with Crippen LogP contribution in [0.2, 0.25) is 0 Å². The summed E-state index contributed by atoms with van der Waals surface area (Å²) >= 11 is 0. The van der Waals surface area contributed by atoms with Crippen molar-refractivity contribution in [3.63, 3.8) is 0 Å². The molecule has 0 aromatic carbocycles. The first kappa shape index (κ1) is 23.1. The van der Waals surface area contributed by atoms with E-state index in [0.717, 1.165) is 0 Å². The van der Waals surface area contributed by atoms with Crippen LogP contribution in [0.4, 0.5) is 0 Å². The zero-order valence-corrected chi connectivity index (χ0v) is 15.5. The third-order valence-electron chi connectivity index (χ3n) is 0. The van der Waals surface area contributed by atoms with Crippen molar-refractivity contribution >= 4 is 7.82 Å². The van der Waals surface area contributed by atoms with Gasteiger partial charge in [0.25, 0.3) is 0 Å². The summed E-state index contributed by atoms with van der Waals surface area (Å²) in [4.78, 5) is 21.6. The number of rotatable bonds is 0. The third kappa shape index (κ3) is 43.9. The first-order chi connectivity index (χ1) is 2.00. The van der Waals surface area contributed by atoms with Crippen LogP contribution in [0.5, 0.6) is 0 Å². The SMILES string of the molecule is O=P(O)(O)O.[H+].[H+].[H-].[K+].[K+].[K+]. The number of hydrogen-bond donors (Lipinski definition) is 3. The van der Waals surface area contributed by atoms with Crippen LogP contribution >= 0.6 is 7.82 Å². The van der Waals surface area contributed by atoms with Crippen molar-refractivity contribution in [2.45, 2.75) is 0 Å². The fourth-order valence-corrected chi connectivity index (χ4v) is 0. The topological polar surface area (TPSA) is 77.8 Å². The molecule has 0 bridgehead atoms. The van der Waals surface area contributed by atoms with E-state index in [1.165, 1.54) is 0 Å². The molecule has 34 valence electrons. The molecular formula is H6K3O4P+4. The van der Waals surface area contributed by atoms with E-state index in [9.17, 15) is 0 Å². The minimum absolute atomic E-state index is 0. The van der Waals surface area contributed by atoms with Crippen LogP contribution in [0, 0.1) is 0 Å². The molecule has 0 unspecified atom stereocenters. The maximum atomic E-state index is 8.88. The van der Waals surface area contributed by atoms with E-state index in [-0.39, 0.29) is 158 Å². The molecule has 0 aliphatic rings. The molecule has 3 N–H and O–H groups in total. The molecule has 8 heteroatoms. The molecule has 0 aliphatic carbocycles. The van der Waals surface area contributed by atoms with Crippen LogP contribution < -0.4 is 154 Å². The third-order valence-corrected chi connectivity index (χ3v) is 0. The van der Waals surface area contributed by atoms with Crippen molar-refractivity contribution in [1.29, 1.82) is 0 Å². The largest absolute Gasteiger partial charge is 1.00 e. The molecule has 0 saturated heterocycles. The summed E-state index contributed by atoms with van der Waals surface area (Å²) in [6, 6.07) is 0. The van der Waals surface area contributed by atoms with E-state index in [1.54, 1.807) is 0 Å². The Morgan fingerprint density at radius 1 is 1.12 bits per heavy atom. The molecule has 0 aromatic heterocycles. The van der Waals surface area contributed by atoms with Gasteiger partial charge in [0.1, 0.15) is 0 Å². The maximum Gasteiger partial charge on any atom is 1.00 e. The van der Waals surface area contributed by atoms with E-state index < -0.39 is 7.82 Å². The fraction of sp³-hybridized carbons (Fsp3) is 0. The summed E-state index contributed by atoms with van der Waals surface area (Å²) in [6.07, 6.45) is 0. The average Bonchev–Trinajstić information content (AvgIpc) is 0.722. The summed E-state index contributed by atoms with van der Waals surface area (Å²) in [5.41, 5.74) is 0. The van der Waals surface area contributed by atoms with Gasteiger partial charge in [0.15, 0.2) is 0 Å².